The summed E-state index contributed by atoms with van der Waals surface area (Å²) in [5.41, 5.74) is 0.736. The number of imide groups is 1. The number of fused-ring (bicyclic) bond motifs is 1. The van der Waals surface area contributed by atoms with Crippen molar-refractivity contribution in [3.8, 4) is 5.75 Å². The molecule has 1 saturated heterocycles. The minimum atomic E-state index is -1.10. The van der Waals surface area contributed by atoms with Crippen LogP contribution in [0.1, 0.15) is 10.4 Å². The molecule has 2 atom stereocenters. The highest BCUT2D eigenvalue weighted by atomic mass is 16.7. The fraction of sp³-hybridized carbons (Fsp3) is 0.158. The molecule has 2 aliphatic heterocycles. The molecule has 0 aliphatic carbocycles. The van der Waals surface area contributed by atoms with E-state index in [4.69, 9.17) is 9.57 Å². The molecule has 7 heteroatoms. The van der Waals surface area contributed by atoms with E-state index < -0.39 is 29.6 Å². The summed E-state index contributed by atoms with van der Waals surface area (Å²) < 4.78 is 5.08. The quantitative estimate of drug-likeness (QED) is 0.620. The molecule has 0 radical (unpaired) electrons. The molecule has 2 amide bonds. The van der Waals surface area contributed by atoms with E-state index in [0.717, 1.165) is 4.90 Å². The van der Waals surface area contributed by atoms with Crippen LogP contribution in [0.2, 0.25) is 0 Å². The number of ether oxygens (including phenoxy) is 1. The predicted octanol–water partition coefficient (Wildman–Crippen LogP) is 1.82. The van der Waals surface area contributed by atoms with Crippen LogP contribution in [0.4, 0.5) is 5.69 Å². The van der Waals surface area contributed by atoms with Gasteiger partial charge in [0.1, 0.15) is 17.4 Å². The minimum Gasteiger partial charge on any atom is -0.497 e. The van der Waals surface area contributed by atoms with E-state index >= 15 is 0 Å². The number of carbonyl (C=O) groups is 3. The highest BCUT2D eigenvalue weighted by molar-refractivity contribution is 6.52. The number of amides is 2. The Morgan fingerprint density at radius 1 is 1.04 bits per heavy atom. The van der Waals surface area contributed by atoms with Gasteiger partial charge in [-0.15, -0.1) is 0 Å². The van der Waals surface area contributed by atoms with E-state index in [1.807, 2.05) is 0 Å². The number of rotatable bonds is 4. The molecule has 7 nitrogen and oxygen atoms in total. The Morgan fingerprint density at radius 3 is 2.38 bits per heavy atom. The highest BCUT2D eigenvalue weighted by Gasteiger charge is 2.57. The average molecular weight is 350 g/mol. The second-order valence-corrected chi connectivity index (χ2v) is 5.89. The number of hydrogen-bond donors (Lipinski definition) is 0. The Bertz CT molecular complexity index is 921. The molecule has 0 N–H and O–H groups in total. The third-order valence-corrected chi connectivity index (χ3v) is 4.41. The summed E-state index contributed by atoms with van der Waals surface area (Å²) in [7, 11) is 1.53. The van der Waals surface area contributed by atoms with Crippen LogP contribution in [0.15, 0.2) is 59.8 Å². The molecule has 0 spiro atoms. The van der Waals surface area contributed by atoms with Crippen molar-refractivity contribution in [1.82, 2.24) is 0 Å². The second kappa shape index (κ2) is 6.11. The number of hydrogen-bond acceptors (Lipinski definition) is 6. The third-order valence-electron chi connectivity index (χ3n) is 4.41. The standard InChI is InChI=1S/C19H14N2O5/c1-25-13-9-7-12(8-10-13)21-18(23)14-15(20-26-17(14)19(21)24)16(22)11-5-3-2-4-6-11/h2-10,14,17H,1H3/t14-,17-/m0/s1. The van der Waals surface area contributed by atoms with Gasteiger partial charge in [-0.25, -0.2) is 4.90 Å². The van der Waals surface area contributed by atoms with Gasteiger partial charge in [0.05, 0.1) is 12.8 Å². The topological polar surface area (TPSA) is 85.3 Å². The molecular formula is C19H14N2O5. The molecule has 2 aromatic carbocycles. The molecule has 0 saturated carbocycles. The summed E-state index contributed by atoms with van der Waals surface area (Å²) in [6.45, 7) is 0. The summed E-state index contributed by atoms with van der Waals surface area (Å²) in [4.78, 5) is 44.3. The molecule has 2 aliphatic rings. The fourth-order valence-corrected chi connectivity index (χ4v) is 3.09. The van der Waals surface area contributed by atoms with Crippen molar-refractivity contribution in [2.24, 2.45) is 11.1 Å². The first-order chi connectivity index (χ1) is 12.6. The molecule has 26 heavy (non-hydrogen) atoms. The Kier molecular flexibility index (Phi) is 3.76. The molecule has 130 valence electrons. The summed E-state index contributed by atoms with van der Waals surface area (Å²) in [6.07, 6.45) is -1.10. The Morgan fingerprint density at radius 2 is 1.73 bits per heavy atom. The third kappa shape index (κ3) is 2.36. The summed E-state index contributed by atoms with van der Waals surface area (Å²) in [5.74, 6) is -1.91. The molecule has 1 fully saturated rings. The van der Waals surface area contributed by atoms with Crippen molar-refractivity contribution in [3.63, 3.8) is 0 Å². The van der Waals surface area contributed by atoms with E-state index in [-0.39, 0.29) is 5.71 Å². The van der Waals surface area contributed by atoms with Crippen molar-refractivity contribution in [2.75, 3.05) is 12.0 Å². The number of oxime groups is 1. The number of anilines is 1. The van der Waals surface area contributed by atoms with Crippen LogP contribution in [-0.2, 0) is 14.4 Å². The van der Waals surface area contributed by atoms with E-state index in [1.165, 1.54) is 7.11 Å². The van der Waals surface area contributed by atoms with Crippen LogP contribution in [0.25, 0.3) is 0 Å². The maximum Gasteiger partial charge on any atom is 0.278 e. The van der Waals surface area contributed by atoms with Gasteiger partial charge in [0.15, 0.2) is 0 Å². The lowest BCUT2D eigenvalue weighted by atomic mass is 9.93. The lowest BCUT2D eigenvalue weighted by Crippen LogP contribution is -2.34. The number of ketones is 1. The zero-order chi connectivity index (χ0) is 18.3. The predicted molar refractivity (Wildman–Crippen MR) is 92.1 cm³/mol. The first-order valence-corrected chi connectivity index (χ1v) is 7.97. The number of Topliss-reactive ketones (excluding diaryl/α,β-unsaturated/α-hetero) is 1. The van der Waals surface area contributed by atoms with Gasteiger partial charge >= 0.3 is 0 Å². The molecule has 0 aromatic heterocycles. The first kappa shape index (κ1) is 16.0. The zero-order valence-corrected chi connectivity index (χ0v) is 13.8. The normalized spacial score (nSPS) is 21.3. The number of methoxy groups -OCH3 is 1. The fourth-order valence-electron chi connectivity index (χ4n) is 3.09. The summed E-state index contributed by atoms with van der Waals surface area (Å²) in [5, 5.41) is 3.73. The van der Waals surface area contributed by atoms with Gasteiger partial charge in [0.2, 0.25) is 17.8 Å². The number of benzene rings is 2. The van der Waals surface area contributed by atoms with Crippen LogP contribution in [-0.4, -0.2) is 36.5 Å². The summed E-state index contributed by atoms with van der Waals surface area (Å²) in [6, 6.07) is 15.0. The average Bonchev–Trinajstić information content (AvgIpc) is 3.22. The van der Waals surface area contributed by atoms with Crippen molar-refractivity contribution in [2.45, 2.75) is 6.10 Å². The van der Waals surface area contributed by atoms with Crippen LogP contribution in [0, 0.1) is 5.92 Å². The molecule has 0 bridgehead atoms. The van der Waals surface area contributed by atoms with E-state index in [1.54, 1.807) is 54.6 Å². The van der Waals surface area contributed by atoms with Gasteiger partial charge < -0.3 is 9.57 Å². The van der Waals surface area contributed by atoms with Crippen LogP contribution in [0.3, 0.4) is 0 Å². The van der Waals surface area contributed by atoms with Gasteiger partial charge in [-0.05, 0) is 24.3 Å². The SMILES string of the molecule is COc1ccc(N2C(=O)[C@H]3C(C(=O)c4ccccc4)=NO[C@@H]3C2=O)cc1. The van der Waals surface area contributed by atoms with Crippen molar-refractivity contribution >= 4 is 29.0 Å². The van der Waals surface area contributed by atoms with E-state index in [2.05, 4.69) is 5.16 Å². The van der Waals surface area contributed by atoms with Gasteiger partial charge in [-0.1, -0.05) is 35.5 Å². The highest BCUT2D eigenvalue weighted by Crippen LogP contribution is 2.34. The van der Waals surface area contributed by atoms with Crippen molar-refractivity contribution in [1.29, 1.82) is 0 Å². The smallest absolute Gasteiger partial charge is 0.278 e. The van der Waals surface area contributed by atoms with Gasteiger partial charge in [0, 0.05) is 5.56 Å². The van der Waals surface area contributed by atoms with Crippen molar-refractivity contribution < 1.29 is 24.0 Å². The molecule has 0 unspecified atom stereocenters. The van der Waals surface area contributed by atoms with E-state index in [9.17, 15) is 14.4 Å². The Labute approximate surface area is 148 Å². The van der Waals surface area contributed by atoms with Crippen LogP contribution in [0.5, 0.6) is 5.75 Å². The van der Waals surface area contributed by atoms with Crippen LogP contribution >= 0.6 is 0 Å². The Balaban J connectivity index is 1.64. The van der Waals surface area contributed by atoms with Gasteiger partial charge in [-0.2, -0.15) is 0 Å². The molecule has 2 aromatic rings. The largest absolute Gasteiger partial charge is 0.497 e. The number of carbonyl (C=O) groups excluding carboxylic acids is 3. The van der Waals surface area contributed by atoms with Gasteiger partial charge in [-0.3, -0.25) is 14.4 Å². The van der Waals surface area contributed by atoms with E-state index in [0.29, 0.717) is 17.0 Å². The first-order valence-electron chi connectivity index (χ1n) is 7.97. The minimum absolute atomic E-state index is 0.0458. The maximum atomic E-state index is 12.9. The maximum absolute atomic E-state index is 12.9. The van der Waals surface area contributed by atoms with Crippen LogP contribution < -0.4 is 9.64 Å². The second-order valence-electron chi connectivity index (χ2n) is 5.89. The molecular weight excluding hydrogens is 336 g/mol. The van der Waals surface area contributed by atoms with Gasteiger partial charge in [0.25, 0.3) is 5.91 Å². The number of nitrogens with zero attached hydrogens (tertiary/aromatic N) is 2. The van der Waals surface area contributed by atoms with Crippen molar-refractivity contribution in [3.05, 3.63) is 60.2 Å². The summed E-state index contributed by atoms with van der Waals surface area (Å²) >= 11 is 0. The molecule has 4 rings (SSSR count). The monoisotopic (exact) mass is 350 g/mol. The lowest BCUT2D eigenvalue weighted by Gasteiger charge is -2.15. The molecule has 2 heterocycles. The lowest BCUT2D eigenvalue weighted by molar-refractivity contribution is -0.126. The zero-order valence-electron chi connectivity index (χ0n) is 13.8. The Hall–Kier alpha value is -3.48.